The lowest BCUT2D eigenvalue weighted by atomic mass is 9.84. The van der Waals surface area contributed by atoms with Gasteiger partial charge in [0.25, 0.3) is 0 Å². The van der Waals surface area contributed by atoms with Crippen LogP contribution in [0.5, 0.6) is 11.5 Å². The van der Waals surface area contributed by atoms with Crippen molar-refractivity contribution in [2.45, 2.75) is 38.0 Å². The number of benzene rings is 2. The highest BCUT2D eigenvalue weighted by Gasteiger charge is 2.32. The number of thiophene rings is 1. The summed E-state index contributed by atoms with van der Waals surface area (Å²) in [6.07, 6.45) is -1.59. The predicted octanol–water partition coefficient (Wildman–Crippen LogP) is 5.81. The lowest BCUT2D eigenvalue weighted by Crippen LogP contribution is -2.39. The molecule has 4 aromatic rings. The molecule has 0 aliphatic carbocycles. The first-order chi connectivity index (χ1) is 18.7. The molecular formula is C28H27F3N4O3S. The minimum atomic E-state index is -4.47. The Labute approximate surface area is 227 Å². The van der Waals surface area contributed by atoms with Gasteiger partial charge in [0.05, 0.1) is 47.5 Å². The summed E-state index contributed by atoms with van der Waals surface area (Å²) in [5.41, 5.74) is 4.04. The molecule has 2 aliphatic heterocycles. The maximum atomic E-state index is 13.3. The number of piperidine rings is 1. The van der Waals surface area contributed by atoms with Gasteiger partial charge in [-0.15, -0.1) is 11.3 Å². The number of aryl methyl sites for hydroxylation is 1. The standard InChI is InChI=1S/C28H27F3N4O3S/c1-14-24(19-4-3-15(28(29,30)31)11-22(19)37-2)25-23(39-14)13-33-27(35-25)34-20-6-5-16(18-8-10-38-26(18)20)17-7-9-32-12-21(17)36/h3-6,11,13,17,21,32,36H,7-10,12H2,1-2H3,(H,33,34,35). The van der Waals surface area contributed by atoms with Crippen molar-refractivity contribution in [3.05, 3.63) is 58.1 Å². The Morgan fingerprint density at radius 2 is 2.08 bits per heavy atom. The largest absolute Gasteiger partial charge is 0.496 e. The number of hydrogen-bond acceptors (Lipinski definition) is 8. The van der Waals surface area contributed by atoms with Gasteiger partial charge in [-0.25, -0.2) is 9.97 Å². The molecule has 0 spiro atoms. The first-order valence-electron chi connectivity index (χ1n) is 12.7. The Morgan fingerprint density at radius 1 is 1.23 bits per heavy atom. The number of aliphatic hydroxyl groups excluding tert-OH is 1. The van der Waals surface area contributed by atoms with Crippen LogP contribution in [0.15, 0.2) is 36.5 Å². The summed E-state index contributed by atoms with van der Waals surface area (Å²) in [7, 11) is 1.36. The molecule has 6 rings (SSSR count). The van der Waals surface area contributed by atoms with Gasteiger partial charge in [-0.2, -0.15) is 13.2 Å². The van der Waals surface area contributed by atoms with Crippen LogP contribution in [0.4, 0.5) is 24.8 Å². The molecule has 4 heterocycles. The summed E-state index contributed by atoms with van der Waals surface area (Å²) in [4.78, 5) is 10.2. The van der Waals surface area contributed by atoms with E-state index in [4.69, 9.17) is 14.5 Å². The van der Waals surface area contributed by atoms with Crippen molar-refractivity contribution in [2.75, 3.05) is 32.1 Å². The van der Waals surface area contributed by atoms with Crippen LogP contribution < -0.4 is 20.1 Å². The molecule has 2 unspecified atom stereocenters. The third kappa shape index (κ3) is 4.68. The predicted molar refractivity (Wildman–Crippen MR) is 144 cm³/mol. The maximum Gasteiger partial charge on any atom is 0.416 e. The molecule has 0 bridgehead atoms. The lowest BCUT2D eigenvalue weighted by Gasteiger charge is -2.30. The van der Waals surface area contributed by atoms with Gasteiger partial charge in [-0.05, 0) is 49.7 Å². The highest BCUT2D eigenvalue weighted by Crippen LogP contribution is 2.45. The molecule has 204 valence electrons. The summed E-state index contributed by atoms with van der Waals surface area (Å²) in [6, 6.07) is 7.48. The molecule has 1 fully saturated rings. The highest BCUT2D eigenvalue weighted by molar-refractivity contribution is 7.19. The zero-order valence-electron chi connectivity index (χ0n) is 21.4. The van der Waals surface area contributed by atoms with Crippen LogP contribution in [-0.2, 0) is 12.6 Å². The number of aliphatic hydroxyl groups is 1. The molecule has 7 nitrogen and oxygen atoms in total. The van der Waals surface area contributed by atoms with Gasteiger partial charge < -0.3 is 25.2 Å². The van der Waals surface area contributed by atoms with E-state index in [1.807, 2.05) is 19.1 Å². The third-order valence-electron chi connectivity index (χ3n) is 7.40. The number of halogens is 3. The van der Waals surface area contributed by atoms with Crippen LogP contribution in [0.3, 0.4) is 0 Å². The van der Waals surface area contributed by atoms with E-state index in [1.54, 1.807) is 6.20 Å². The number of methoxy groups -OCH3 is 1. The van der Waals surface area contributed by atoms with E-state index in [0.717, 1.165) is 63.7 Å². The average Bonchev–Trinajstić information content (AvgIpc) is 3.53. The van der Waals surface area contributed by atoms with E-state index < -0.39 is 17.8 Å². The molecule has 3 N–H and O–H groups in total. The van der Waals surface area contributed by atoms with Crippen LogP contribution in [0.1, 0.15) is 33.9 Å². The first-order valence-corrected chi connectivity index (χ1v) is 13.5. The number of alkyl halides is 3. The summed E-state index contributed by atoms with van der Waals surface area (Å²) in [5.74, 6) is 1.27. The highest BCUT2D eigenvalue weighted by atomic mass is 32.1. The van der Waals surface area contributed by atoms with Crippen LogP contribution in [-0.4, -0.2) is 48.0 Å². The van der Waals surface area contributed by atoms with E-state index in [0.29, 0.717) is 35.7 Å². The van der Waals surface area contributed by atoms with Crippen molar-refractivity contribution >= 4 is 33.2 Å². The second-order valence-corrected chi connectivity index (χ2v) is 11.0. The molecule has 2 aromatic carbocycles. The van der Waals surface area contributed by atoms with Gasteiger partial charge >= 0.3 is 6.18 Å². The Bertz CT molecular complexity index is 1560. The lowest BCUT2D eigenvalue weighted by molar-refractivity contribution is -0.137. The van der Waals surface area contributed by atoms with E-state index in [1.165, 1.54) is 24.5 Å². The monoisotopic (exact) mass is 556 g/mol. The van der Waals surface area contributed by atoms with Crippen LogP contribution in [0, 0.1) is 6.92 Å². The molecule has 11 heteroatoms. The number of rotatable bonds is 5. The first kappa shape index (κ1) is 25.8. The minimum absolute atomic E-state index is 0.0541. The number of hydrogen-bond donors (Lipinski definition) is 3. The normalized spacial score (nSPS) is 19.1. The van der Waals surface area contributed by atoms with Crippen LogP contribution in [0.25, 0.3) is 21.3 Å². The van der Waals surface area contributed by atoms with E-state index >= 15 is 0 Å². The summed E-state index contributed by atoms with van der Waals surface area (Å²) >= 11 is 1.47. The molecule has 0 amide bonds. The van der Waals surface area contributed by atoms with Crippen molar-refractivity contribution in [1.82, 2.24) is 15.3 Å². The quantitative estimate of drug-likeness (QED) is 0.286. The maximum absolute atomic E-state index is 13.3. The van der Waals surface area contributed by atoms with E-state index in [2.05, 4.69) is 15.6 Å². The number of aromatic nitrogens is 2. The van der Waals surface area contributed by atoms with Crippen molar-refractivity contribution in [3.63, 3.8) is 0 Å². The number of ether oxygens (including phenoxy) is 2. The fraction of sp³-hybridized carbons (Fsp3) is 0.357. The smallest absolute Gasteiger partial charge is 0.416 e. The molecule has 1 saturated heterocycles. The van der Waals surface area contributed by atoms with Gasteiger partial charge in [0.2, 0.25) is 5.95 Å². The molecule has 39 heavy (non-hydrogen) atoms. The van der Waals surface area contributed by atoms with Gasteiger partial charge in [0, 0.05) is 40.5 Å². The number of β-amino-alcohol motifs (C(OH)–C–C–N with tert-alkyl or cyclic N) is 1. The zero-order valence-corrected chi connectivity index (χ0v) is 22.2. The fourth-order valence-corrected chi connectivity index (χ4v) is 6.54. The van der Waals surface area contributed by atoms with Gasteiger partial charge in [-0.1, -0.05) is 6.07 Å². The Balaban J connectivity index is 1.37. The minimum Gasteiger partial charge on any atom is -0.496 e. The molecule has 0 saturated carbocycles. The second-order valence-electron chi connectivity index (χ2n) is 9.75. The fourth-order valence-electron chi connectivity index (χ4n) is 5.55. The second kappa shape index (κ2) is 9.96. The summed E-state index contributed by atoms with van der Waals surface area (Å²) in [5, 5.41) is 17.1. The summed E-state index contributed by atoms with van der Waals surface area (Å²) in [6.45, 7) is 3.89. The van der Waals surface area contributed by atoms with E-state index in [-0.39, 0.29) is 11.7 Å². The molecule has 2 atom stereocenters. The Hall–Kier alpha value is -3.41. The summed E-state index contributed by atoms with van der Waals surface area (Å²) < 4.78 is 52.1. The van der Waals surface area contributed by atoms with Crippen molar-refractivity contribution in [2.24, 2.45) is 0 Å². The number of nitrogens with one attached hydrogen (secondary N) is 2. The number of anilines is 2. The van der Waals surface area contributed by atoms with Crippen LogP contribution >= 0.6 is 11.3 Å². The SMILES string of the molecule is COc1cc(C(F)(F)F)ccc1-c1c(C)sc2cnc(Nc3ccc(C4CCNCC4O)c4c3OCC4)nc12. The molecule has 2 aliphatic rings. The molecular weight excluding hydrogens is 529 g/mol. The zero-order chi connectivity index (χ0) is 27.3. The van der Waals surface area contributed by atoms with Crippen molar-refractivity contribution < 1.29 is 27.8 Å². The third-order valence-corrected chi connectivity index (χ3v) is 8.43. The topological polar surface area (TPSA) is 88.5 Å². The van der Waals surface area contributed by atoms with Gasteiger partial charge in [0.1, 0.15) is 11.5 Å². The average molecular weight is 557 g/mol. The molecule has 2 aromatic heterocycles. The Kier molecular flexibility index (Phi) is 6.60. The van der Waals surface area contributed by atoms with Crippen molar-refractivity contribution in [3.8, 4) is 22.6 Å². The number of fused-ring (bicyclic) bond motifs is 2. The van der Waals surface area contributed by atoms with Gasteiger partial charge in [-0.3, -0.25) is 0 Å². The van der Waals surface area contributed by atoms with Crippen LogP contribution in [0.2, 0.25) is 0 Å². The molecule has 0 radical (unpaired) electrons. The number of nitrogens with zero attached hydrogens (tertiary/aromatic N) is 2. The van der Waals surface area contributed by atoms with E-state index in [9.17, 15) is 18.3 Å². The van der Waals surface area contributed by atoms with Gasteiger partial charge in [0.15, 0.2) is 0 Å². The Morgan fingerprint density at radius 3 is 2.85 bits per heavy atom. The van der Waals surface area contributed by atoms with Crippen molar-refractivity contribution in [1.29, 1.82) is 0 Å².